The van der Waals surface area contributed by atoms with Crippen molar-refractivity contribution in [2.75, 3.05) is 17.2 Å². The van der Waals surface area contributed by atoms with Crippen molar-refractivity contribution in [2.45, 2.75) is 49.6 Å². The maximum Gasteiger partial charge on any atom is 0.239 e. The molecule has 0 bridgehead atoms. The number of anilines is 2. The lowest BCUT2D eigenvalue weighted by Crippen LogP contribution is -2.24. The Kier molecular flexibility index (Phi) is 6.85. The monoisotopic (exact) mass is 355 g/mol. The van der Waals surface area contributed by atoms with Crippen molar-refractivity contribution in [2.24, 2.45) is 0 Å². The standard InChI is InChI=1S/C14H21N5O2S2/c1-4-6-7-15-13-17-18-14(23-13)22-10(5-2)12(20)16-11-8-9(3)21-19-11/h8,10H,4-7H2,1-3H3,(H,15,17)(H,16,19,20)/t10-/m1/s1. The van der Waals surface area contributed by atoms with E-state index in [0.717, 1.165) is 28.9 Å². The molecule has 1 atom stereocenters. The van der Waals surface area contributed by atoms with Gasteiger partial charge in [0.05, 0.1) is 5.25 Å². The molecule has 0 aliphatic carbocycles. The quantitative estimate of drug-likeness (QED) is 0.525. The molecule has 9 heteroatoms. The summed E-state index contributed by atoms with van der Waals surface area (Å²) >= 11 is 2.89. The van der Waals surface area contributed by atoms with E-state index in [4.69, 9.17) is 4.52 Å². The van der Waals surface area contributed by atoms with Crippen molar-refractivity contribution < 1.29 is 9.32 Å². The molecule has 0 aliphatic rings. The number of aromatic nitrogens is 3. The molecule has 2 aromatic heterocycles. The Morgan fingerprint density at radius 1 is 1.43 bits per heavy atom. The Bertz CT molecular complexity index is 628. The molecule has 0 spiro atoms. The van der Waals surface area contributed by atoms with Gasteiger partial charge in [-0.15, -0.1) is 10.2 Å². The fourth-order valence-electron chi connectivity index (χ4n) is 1.78. The van der Waals surface area contributed by atoms with Crippen LogP contribution in [0, 0.1) is 6.92 Å². The molecule has 0 unspecified atom stereocenters. The van der Waals surface area contributed by atoms with Crippen LogP contribution in [-0.2, 0) is 4.79 Å². The normalized spacial score (nSPS) is 12.1. The fourth-order valence-corrected chi connectivity index (χ4v) is 3.72. The van der Waals surface area contributed by atoms with Gasteiger partial charge in [-0.1, -0.05) is 48.5 Å². The minimum Gasteiger partial charge on any atom is -0.360 e. The van der Waals surface area contributed by atoms with E-state index in [-0.39, 0.29) is 11.2 Å². The van der Waals surface area contributed by atoms with E-state index in [9.17, 15) is 4.79 Å². The molecule has 23 heavy (non-hydrogen) atoms. The molecule has 2 N–H and O–H groups in total. The van der Waals surface area contributed by atoms with Gasteiger partial charge in [-0.25, -0.2) is 0 Å². The Balaban J connectivity index is 1.89. The second-order valence-corrected chi connectivity index (χ2v) is 7.41. The van der Waals surface area contributed by atoms with E-state index in [1.54, 1.807) is 13.0 Å². The van der Waals surface area contributed by atoms with Crippen LogP contribution in [0.4, 0.5) is 10.9 Å². The first-order valence-electron chi connectivity index (χ1n) is 7.60. The number of aryl methyl sites for hydroxylation is 1. The number of nitrogens with zero attached hydrogens (tertiary/aromatic N) is 3. The number of amides is 1. The van der Waals surface area contributed by atoms with Gasteiger partial charge >= 0.3 is 0 Å². The van der Waals surface area contributed by atoms with Crippen molar-refractivity contribution in [3.63, 3.8) is 0 Å². The van der Waals surface area contributed by atoms with Crippen molar-refractivity contribution in [1.82, 2.24) is 15.4 Å². The Labute approximate surface area is 143 Å². The number of unbranched alkanes of at least 4 members (excludes halogenated alkanes) is 1. The number of carbonyl (C=O) groups excluding carboxylic acids is 1. The summed E-state index contributed by atoms with van der Waals surface area (Å²) in [5.74, 6) is 0.986. The Hall–Kier alpha value is -1.61. The van der Waals surface area contributed by atoms with Crippen molar-refractivity contribution in [1.29, 1.82) is 0 Å². The van der Waals surface area contributed by atoms with E-state index >= 15 is 0 Å². The van der Waals surface area contributed by atoms with E-state index in [1.807, 2.05) is 6.92 Å². The van der Waals surface area contributed by atoms with Crippen LogP contribution in [0.1, 0.15) is 38.9 Å². The Morgan fingerprint density at radius 3 is 2.91 bits per heavy atom. The summed E-state index contributed by atoms with van der Waals surface area (Å²) in [6.07, 6.45) is 2.91. The number of rotatable bonds is 9. The topological polar surface area (TPSA) is 92.9 Å². The molecule has 0 fully saturated rings. The first-order chi connectivity index (χ1) is 11.1. The molecule has 0 radical (unpaired) electrons. The second kappa shape index (κ2) is 8.88. The summed E-state index contributed by atoms with van der Waals surface area (Å²) in [7, 11) is 0. The molecular weight excluding hydrogens is 334 g/mol. The number of carbonyl (C=O) groups is 1. The number of nitrogens with one attached hydrogen (secondary N) is 2. The number of thioether (sulfide) groups is 1. The van der Waals surface area contributed by atoms with Gasteiger partial charge in [0.15, 0.2) is 10.2 Å². The number of hydrogen-bond donors (Lipinski definition) is 2. The zero-order chi connectivity index (χ0) is 16.7. The van der Waals surface area contributed by atoms with Crippen LogP contribution in [0.5, 0.6) is 0 Å². The predicted octanol–water partition coefficient (Wildman–Crippen LogP) is 3.56. The minimum absolute atomic E-state index is 0.110. The SMILES string of the molecule is CCCCNc1nnc(S[C@H](CC)C(=O)Nc2cc(C)on2)s1. The van der Waals surface area contributed by atoms with Gasteiger partial charge in [0.25, 0.3) is 0 Å². The van der Waals surface area contributed by atoms with Crippen LogP contribution >= 0.6 is 23.1 Å². The summed E-state index contributed by atoms with van der Waals surface area (Å²) in [5, 5.41) is 18.5. The van der Waals surface area contributed by atoms with Gasteiger partial charge in [-0.3, -0.25) is 4.79 Å². The minimum atomic E-state index is -0.247. The molecule has 0 aromatic carbocycles. The average Bonchev–Trinajstić information content (AvgIpc) is 3.14. The van der Waals surface area contributed by atoms with Gasteiger partial charge in [-0.2, -0.15) is 0 Å². The molecular formula is C14H21N5O2S2. The summed E-state index contributed by atoms with van der Waals surface area (Å²) in [6.45, 7) is 6.78. The molecule has 126 valence electrons. The van der Waals surface area contributed by atoms with E-state index < -0.39 is 0 Å². The largest absolute Gasteiger partial charge is 0.360 e. The predicted molar refractivity (Wildman–Crippen MR) is 93.1 cm³/mol. The zero-order valence-electron chi connectivity index (χ0n) is 13.5. The fraction of sp³-hybridized carbons (Fsp3) is 0.571. The maximum absolute atomic E-state index is 12.3. The lowest BCUT2D eigenvalue weighted by Gasteiger charge is -2.10. The van der Waals surface area contributed by atoms with Gasteiger partial charge in [0.2, 0.25) is 11.0 Å². The van der Waals surface area contributed by atoms with E-state index in [2.05, 4.69) is 32.9 Å². The molecule has 2 rings (SSSR count). The first-order valence-corrected chi connectivity index (χ1v) is 9.30. The average molecular weight is 355 g/mol. The van der Waals surface area contributed by atoms with E-state index in [0.29, 0.717) is 18.0 Å². The number of hydrogen-bond acceptors (Lipinski definition) is 8. The molecule has 1 amide bonds. The molecule has 7 nitrogen and oxygen atoms in total. The third kappa shape index (κ3) is 5.51. The third-order valence-corrected chi connectivity index (χ3v) is 5.33. The summed E-state index contributed by atoms with van der Waals surface area (Å²) in [5.41, 5.74) is 0. The van der Waals surface area contributed by atoms with Crippen LogP contribution in [-0.4, -0.2) is 33.1 Å². The lowest BCUT2D eigenvalue weighted by molar-refractivity contribution is -0.115. The molecule has 2 heterocycles. The lowest BCUT2D eigenvalue weighted by atomic mass is 10.3. The highest BCUT2D eigenvalue weighted by molar-refractivity contribution is 8.02. The van der Waals surface area contributed by atoms with Crippen molar-refractivity contribution in [3.8, 4) is 0 Å². The molecule has 2 aromatic rings. The second-order valence-electron chi connectivity index (χ2n) is 4.98. The van der Waals surface area contributed by atoms with Crippen LogP contribution in [0.3, 0.4) is 0 Å². The Morgan fingerprint density at radius 2 is 2.26 bits per heavy atom. The van der Waals surface area contributed by atoms with Crippen LogP contribution in [0.15, 0.2) is 14.9 Å². The summed E-state index contributed by atoms with van der Waals surface area (Å²) in [6, 6.07) is 1.69. The van der Waals surface area contributed by atoms with Crippen LogP contribution < -0.4 is 10.6 Å². The van der Waals surface area contributed by atoms with Crippen molar-refractivity contribution in [3.05, 3.63) is 11.8 Å². The molecule has 0 aliphatic heterocycles. The highest BCUT2D eigenvalue weighted by Crippen LogP contribution is 2.31. The van der Waals surface area contributed by atoms with Crippen LogP contribution in [0.25, 0.3) is 0 Å². The van der Waals surface area contributed by atoms with E-state index in [1.165, 1.54) is 23.1 Å². The van der Waals surface area contributed by atoms with Crippen LogP contribution in [0.2, 0.25) is 0 Å². The summed E-state index contributed by atoms with van der Waals surface area (Å²) in [4.78, 5) is 12.3. The molecule has 0 saturated heterocycles. The zero-order valence-corrected chi connectivity index (χ0v) is 15.1. The van der Waals surface area contributed by atoms with Gasteiger partial charge < -0.3 is 15.2 Å². The smallest absolute Gasteiger partial charge is 0.239 e. The third-order valence-electron chi connectivity index (χ3n) is 3.00. The van der Waals surface area contributed by atoms with Gasteiger partial charge in [0.1, 0.15) is 5.76 Å². The first kappa shape index (κ1) is 17.7. The van der Waals surface area contributed by atoms with Gasteiger partial charge in [-0.05, 0) is 19.8 Å². The van der Waals surface area contributed by atoms with Gasteiger partial charge in [0, 0.05) is 12.6 Å². The van der Waals surface area contributed by atoms with Crippen molar-refractivity contribution >= 4 is 40.0 Å². The summed E-state index contributed by atoms with van der Waals surface area (Å²) < 4.78 is 5.73. The highest BCUT2D eigenvalue weighted by atomic mass is 32.2. The maximum atomic E-state index is 12.3. The highest BCUT2D eigenvalue weighted by Gasteiger charge is 2.21. The molecule has 0 saturated carbocycles.